The van der Waals surface area contributed by atoms with Crippen LogP contribution in [0, 0.1) is 0 Å². The van der Waals surface area contributed by atoms with E-state index >= 15 is 0 Å². The molecule has 22 heavy (non-hydrogen) atoms. The van der Waals surface area contributed by atoms with Crippen molar-refractivity contribution >= 4 is 5.91 Å². The van der Waals surface area contributed by atoms with Gasteiger partial charge in [0.2, 0.25) is 0 Å². The zero-order valence-corrected chi connectivity index (χ0v) is 13.5. The fourth-order valence-electron chi connectivity index (χ4n) is 2.79. The second-order valence-corrected chi connectivity index (χ2v) is 5.80. The second-order valence-electron chi connectivity index (χ2n) is 5.80. The van der Waals surface area contributed by atoms with Crippen LogP contribution in [0.2, 0.25) is 0 Å². The van der Waals surface area contributed by atoms with Crippen molar-refractivity contribution in [1.29, 1.82) is 0 Å². The lowest BCUT2D eigenvalue weighted by atomic mass is 10.1. The van der Waals surface area contributed by atoms with Gasteiger partial charge < -0.3 is 14.7 Å². The van der Waals surface area contributed by atoms with Crippen LogP contribution in [0.5, 0.6) is 5.75 Å². The maximum Gasteiger partial charge on any atom is 0.251 e. The van der Waals surface area contributed by atoms with Gasteiger partial charge in [-0.2, -0.15) is 0 Å². The van der Waals surface area contributed by atoms with Crippen LogP contribution in [0.1, 0.15) is 18.9 Å². The van der Waals surface area contributed by atoms with Gasteiger partial charge >= 0.3 is 0 Å². The first kappa shape index (κ1) is 16.8. The molecule has 0 radical (unpaired) electrons. The summed E-state index contributed by atoms with van der Waals surface area (Å²) in [7, 11) is 1.69. The van der Waals surface area contributed by atoms with Crippen molar-refractivity contribution in [2.45, 2.75) is 25.9 Å². The number of carbonyl (C=O) groups is 1. The van der Waals surface area contributed by atoms with Gasteiger partial charge in [-0.15, -0.1) is 0 Å². The Hall–Kier alpha value is -1.59. The van der Waals surface area contributed by atoms with E-state index in [1.807, 2.05) is 12.1 Å². The third kappa shape index (κ3) is 4.71. The first-order valence-electron chi connectivity index (χ1n) is 7.92. The number of ether oxygens (including phenoxy) is 1. The van der Waals surface area contributed by atoms with E-state index in [0.29, 0.717) is 13.1 Å². The number of hydrogen-bond donors (Lipinski definition) is 1. The van der Waals surface area contributed by atoms with Crippen molar-refractivity contribution in [2.75, 3.05) is 39.8 Å². The molecule has 0 bridgehead atoms. The zero-order chi connectivity index (χ0) is 15.9. The molecule has 2 rings (SSSR count). The van der Waals surface area contributed by atoms with E-state index in [4.69, 9.17) is 4.74 Å². The van der Waals surface area contributed by atoms with E-state index in [1.54, 1.807) is 12.0 Å². The molecule has 0 spiro atoms. The van der Waals surface area contributed by atoms with E-state index in [-0.39, 0.29) is 5.91 Å². The Kier molecular flexibility index (Phi) is 6.21. The molecule has 1 heterocycles. The molecule has 1 N–H and O–H groups in total. The minimum Gasteiger partial charge on any atom is -0.497 e. The highest BCUT2D eigenvalue weighted by molar-refractivity contribution is 5.80. The van der Waals surface area contributed by atoms with Gasteiger partial charge in [0, 0.05) is 26.2 Å². The fraction of sp³-hybridized carbons (Fsp3) is 0.588. The van der Waals surface area contributed by atoms with Crippen LogP contribution in [0.25, 0.3) is 0 Å². The molecule has 0 saturated carbocycles. The van der Waals surface area contributed by atoms with Crippen molar-refractivity contribution in [2.24, 2.45) is 0 Å². The lowest BCUT2D eigenvalue weighted by molar-refractivity contribution is -0.141. The summed E-state index contributed by atoms with van der Waals surface area (Å²) in [6, 6.07) is 8.19. The van der Waals surface area contributed by atoms with Gasteiger partial charge in [-0.3, -0.25) is 9.69 Å². The SMILES string of the molecule is COc1cccc(CCCN2CCN(C(=O)C(C)O)CC2)c1. The summed E-state index contributed by atoms with van der Waals surface area (Å²) >= 11 is 0. The Balaban J connectivity index is 1.69. The minimum atomic E-state index is -0.889. The summed E-state index contributed by atoms with van der Waals surface area (Å²) in [4.78, 5) is 15.8. The number of methoxy groups -OCH3 is 1. The lowest BCUT2D eigenvalue weighted by Gasteiger charge is -2.35. The first-order chi connectivity index (χ1) is 10.6. The molecule has 1 aromatic carbocycles. The molecule has 1 atom stereocenters. The molecule has 1 aliphatic heterocycles. The van der Waals surface area contributed by atoms with Gasteiger partial charge in [0.15, 0.2) is 0 Å². The van der Waals surface area contributed by atoms with E-state index in [2.05, 4.69) is 17.0 Å². The number of carbonyl (C=O) groups excluding carboxylic acids is 1. The predicted octanol–water partition coefficient (Wildman–Crippen LogP) is 1.15. The topological polar surface area (TPSA) is 53.0 Å². The number of rotatable bonds is 6. The van der Waals surface area contributed by atoms with E-state index in [9.17, 15) is 9.90 Å². The van der Waals surface area contributed by atoms with E-state index in [1.165, 1.54) is 12.5 Å². The van der Waals surface area contributed by atoms with Crippen molar-refractivity contribution in [3.8, 4) is 5.75 Å². The highest BCUT2D eigenvalue weighted by Crippen LogP contribution is 2.14. The van der Waals surface area contributed by atoms with Crippen LogP contribution in [-0.2, 0) is 11.2 Å². The lowest BCUT2D eigenvalue weighted by Crippen LogP contribution is -2.51. The smallest absolute Gasteiger partial charge is 0.251 e. The number of aryl methyl sites for hydroxylation is 1. The number of benzene rings is 1. The van der Waals surface area contributed by atoms with Crippen LogP contribution < -0.4 is 4.74 Å². The summed E-state index contributed by atoms with van der Waals surface area (Å²) in [6.07, 6.45) is 1.24. The van der Waals surface area contributed by atoms with Crippen LogP contribution in [0.15, 0.2) is 24.3 Å². The Morgan fingerprint density at radius 3 is 2.68 bits per heavy atom. The van der Waals surface area contributed by atoms with Crippen LogP contribution >= 0.6 is 0 Å². The summed E-state index contributed by atoms with van der Waals surface area (Å²) in [6.45, 7) is 5.76. The summed E-state index contributed by atoms with van der Waals surface area (Å²) in [5.74, 6) is 0.749. The normalized spacial score (nSPS) is 17.3. The van der Waals surface area contributed by atoms with Gasteiger partial charge in [0.25, 0.3) is 5.91 Å². The molecule has 1 fully saturated rings. The summed E-state index contributed by atoms with van der Waals surface area (Å²) in [5, 5.41) is 9.33. The molecule has 0 aromatic heterocycles. The molecule has 1 aromatic rings. The van der Waals surface area contributed by atoms with E-state index in [0.717, 1.165) is 38.2 Å². The second kappa shape index (κ2) is 8.15. The van der Waals surface area contributed by atoms with Gasteiger partial charge in [-0.05, 0) is 44.0 Å². The first-order valence-corrected chi connectivity index (χ1v) is 7.92. The van der Waals surface area contributed by atoms with Crippen LogP contribution in [0.4, 0.5) is 0 Å². The van der Waals surface area contributed by atoms with Crippen molar-refractivity contribution in [1.82, 2.24) is 9.80 Å². The molecule has 5 nitrogen and oxygen atoms in total. The molecule has 1 aliphatic rings. The Morgan fingerprint density at radius 1 is 1.32 bits per heavy atom. The number of aliphatic hydroxyl groups is 1. The number of amides is 1. The van der Waals surface area contributed by atoms with Gasteiger partial charge in [0.1, 0.15) is 11.9 Å². The largest absolute Gasteiger partial charge is 0.497 e. The average Bonchev–Trinajstić information content (AvgIpc) is 2.55. The summed E-state index contributed by atoms with van der Waals surface area (Å²) < 4.78 is 5.24. The Bertz CT molecular complexity index is 483. The maximum absolute atomic E-state index is 11.7. The Labute approximate surface area is 132 Å². The van der Waals surface area contributed by atoms with Crippen LogP contribution in [0.3, 0.4) is 0 Å². The number of nitrogens with zero attached hydrogens (tertiary/aromatic N) is 2. The third-order valence-corrected chi connectivity index (χ3v) is 4.12. The highest BCUT2D eigenvalue weighted by atomic mass is 16.5. The maximum atomic E-state index is 11.7. The highest BCUT2D eigenvalue weighted by Gasteiger charge is 2.23. The van der Waals surface area contributed by atoms with Crippen molar-refractivity contribution in [3.05, 3.63) is 29.8 Å². The van der Waals surface area contributed by atoms with Gasteiger partial charge in [-0.25, -0.2) is 0 Å². The van der Waals surface area contributed by atoms with Crippen molar-refractivity contribution in [3.63, 3.8) is 0 Å². The third-order valence-electron chi connectivity index (χ3n) is 4.12. The molecule has 1 unspecified atom stereocenters. The van der Waals surface area contributed by atoms with Gasteiger partial charge in [0.05, 0.1) is 7.11 Å². The quantitative estimate of drug-likeness (QED) is 0.857. The molecular weight excluding hydrogens is 280 g/mol. The molecule has 122 valence electrons. The monoisotopic (exact) mass is 306 g/mol. The van der Waals surface area contributed by atoms with E-state index < -0.39 is 6.10 Å². The predicted molar refractivity (Wildman–Crippen MR) is 86.0 cm³/mol. The number of aliphatic hydroxyl groups excluding tert-OH is 1. The average molecular weight is 306 g/mol. The molecule has 1 amide bonds. The zero-order valence-electron chi connectivity index (χ0n) is 13.5. The van der Waals surface area contributed by atoms with Gasteiger partial charge in [-0.1, -0.05) is 12.1 Å². The Morgan fingerprint density at radius 2 is 2.05 bits per heavy atom. The van der Waals surface area contributed by atoms with Crippen molar-refractivity contribution < 1.29 is 14.6 Å². The number of hydrogen-bond acceptors (Lipinski definition) is 4. The molecule has 1 saturated heterocycles. The minimum absolute atomic E-state index is 0.156. The number of piperazine rings is 1. The van der Waals surface area contributed by atoms with Crippen LogP contribution in [-0.4, -0.2) is 66.8 Å². The fourth-order valence-corrected chi connectivity index (χ4v) is 2.79. The summed E-state index contributed by atoms with van der Waals surface area (Å²) in [5.41, 5.74) is 1.29. The molecule has 0 aliphatic carbocycles. The molecular formula is C17H26N2O3. The molecule has 5 heteroatoms. The standard InChI is InChI=1S/C17H26N2O3/c1-14(20)17(21)19-11-9-18(10-12-19)8-4-6-15-5-3-7-16(13-15)22-2/h3,5,7,13-14,20H,4,6,8-12H2,1-2H3.